The average Bonchev–Trinajstić information content (AvgIpc) is 2.55. The Bertz CT molecular complexity index is 586. The van der Waals surface area contributed by atoms with Gasteiger partial charge in [-0.05, 0) is 30.4 Å². The highest BCUT2D eigenvalue weighted by Gasteiger charge is 2.17. The highest BCUT2D eigenvalue weighted by Crippen LogP contribution is 2.27. The van der Waals surface area contributed by atoms with Crippen molar-refractivity contribution >= 4 is 17.5 Å². The van der Waals surface area contributed by atoms with Gasteiger partial charge in [-0.3, -0.25) is 9.59 Å². The highest BCUT2D eigenvalue weighted by molar-refractivity contribution is 5.91. The number of nitrogens with zero attached hydrogens (tertiary/aromatic N) is 1. The van der Waals surface area contributed by atoms with Crippen molar-refractivity contribution in [2.75, 3.05) is 5.32 Å². The molecule has 1 aliphatic rings. The number of nitriles is 1. The molecule has 5 nitrogen and oxygen atoms in total. The standard InChI is InChI=1S/C18H23N3O2/c19-11-10-17(22)20-13-15-8-4-5-9-16(15)21-18(23)12-14-6-2-1-3-7-14/h4-5,8-9,14H,1-3,6-7,10,12-13H2,(H,20,22)(H,21,23). The Balaban J connectivity index is 1.90. The lowest BCUT2D eigenvalue weighted by Gasteiger charge is -2.21. The van der Waals surface area contributed by atoms with Crippen LogP contribution in [0.15, 0.2) is 24.3 Å². The van der Waals surface area contributed by atoms with Crippen LogP contribution in [-0.2, 0) is 16.1 Å². The molecule has 0 spiro atoms. The number of nitrogens with one attached hydrogen (secondary N) is 2. The van der Waals surface area contributed by atoms with Crippen LogP contribution in [0.3, 0.4) is 0 Å². The molecule has 23 heavy (non-hydrogen) atoms. The minimum absolute atomic E-state index is 0.0349. The number of hydrogen-bond acceptors (Lipinski definition) is 3. The number of para-hydroxylation sites is 1. The van der Waals surface area contributed by atoms with Gasteiger partial charge in [0, 0.05) is 18.7 Å². The van der Waals surface area contributed by atoms with Crippen LogP contribution < -0.4 is 10.6 Å². The van der Waals surface area contributed by atoms with E-state index in [1.54, 1.807) is 0 Å². The fourth-order valence-corrected chi connectivity index (χ4v) is 2.98. The summed E-state index contributed by atoms with van der Waals surface area (Å²) >= 11 is 0. The molecule has 1 fully saturated rings. The zero-order valence-corrected chi connectivity index (χ0v) is 13.3. The summed E-state index contributed by atoms with van der Waals surface area (Å²) in [5.74, 6) is 0.217. The Morgan fingerprint density at radius 1 is 1.13 bits per heavy atom. The molecule has 2 N–H and O–H groups in total. The minimum atomic E-state index is -0.309. The van der Waals surface area contributed by atoms with E-state index < -0.39 is 0 Å². The van der Waals surface area contributed by atoms with Crippen molar-refractivity contribution < 1.29 is 9.59 Å². The lowest BCUT2D eigenvalue weighted by molar-refractivity contribution is -0.120. The van der Waals surface area contributed by atoms with Gasteiger partial charge in [0.2, 0.25) is 11.8 Å². The second kappa shape index (κ2) is 8.94. The van der Waals surface area contributed by atoms with Gasteiger partial charge in [0.1, 0.15) is 6.42 Å². The second-order valence-electron chi connectivity index (χ2n) is 6.03. The Hall–Kier alpha value is -2.35. The van der Waals surface area contributed by atoms with E-state index in [1.807, 2.05) is 30.3 Å². The molecule has 1 saturated carbocycles. The van der Waals surface area contributed by atoms with Gasteiger partial charge < -0.3 is 10.6 Å². The fraction of sp³-hybridized carbons (Fsp3) is 0.500. The molecule has 2 amide bonds. The van der Waals surface area contributed by atoms with Gasteiger partial charge in [0.25, 0.3) is 0 Å². The Labute approximate surface area is 137 Å². The molecule has 0 aromatic heterocycles. The number of carbonyl (C=O) groups is 2. The molecular weight excluding hydrogens is 290 g/mol. The maximum absolute atomic E-state index is 12.2. The average molecular weight is 313 g/mol. The predicted molar refractivity (Wildman–Crippen MR) is 88.3 cm³/mol. The van der Waals surface area contributed by atoms with Crippen molar-refractivity contribution in [3.05, 3.63) is 29.8 Å². The van der Waals surface area contributed by atoms with Crippen molar-refractivity contribution in [1.82, 2.24) is 5.32 Å². The summed E-state index contributed by atoms with van der Waals surface area (Å²) < 4.78 is 0. The Morgan fingerprint density at radius 2 is 1.87 bits per heavy atom. The summed E-state index contributed by atoms with van der Waals surface area (Å²) in [5, 5.41) is 14.1. The first-order chi connectivity index (χ1) is 11.2. The summed E-state index contributed by atoms with van der Waals surface area (Å²) in [6.45, 7) is 0.306. The number of rotatable bonds is 6. The topological polar surface area (TPSA) is 82.0 Å². The van der Waals surface area contributed by atoms with Crippen molar-refractivity contribution in [2.45, 2.75) is 51.5 Å². The van der Waals surface area contributed by atoms with Gasteiger partial charge in [-0.2, -0.15) is 5.26 Å². The summed E-state index contributed by atoms with van der Waals surface area (Å²) in [5.41, 5.74) is 1.57. The van der Waals surface area contributed by atoms with E-state index in [9.17, 15) is 9.59 Å². The first kappa shape index (κ1) is 17.0. The molecular formula is C18H23N3O2. The molecule has 1 aromatic rings. The van der Waals surface area contributed by atoms with E-state index in [0.717, 1.165) is 24.1 Å². The maximum Gasteiger partial charge on any atom is 0.234 e. The monoisotopic (exact) mass is 313 g/mol. The van der Waals surface area contributed by atoms with Crippen molar-refractivity contribution in [3.8, 4) is 6.07 Å². The van der Waals surface area contributed by atoms with E-state index in [-0.39, 0.29) is 18.2 Å². The molecule has 0 aliphatic heterocycles. The highest BCUT2D eigenvalue weighted by atomic mass is 16.2. The molecule has 1 aliphatic carbocycles. The van der Waals surface area contributed by atoms with Crippen LogP contribution in [0.5, 0.6) is 0 Å². The molecule has 0 bridgehead atoms. The molecule has 5 heteroatoms. The van der Waals surface area contributed by atoms with Gasteiger partial charge in [-0.25, -0.2) is 0 Å². The van der Waals surface area contributed by atoms with Gasteiger partial charge in [-0.1, -0.05) is 37.5 Å². The number of hydrogen-bond donors (Lipinski definition) is 2. The van der Waals surface area contributed by atoms with Crippen molar-refractivity contribution in [3.63, 3.8) is 0 Å². The normalized spacial score (nSPS) is 14.7. The van der Waals surface area contributed by atoms with Crippen LogP contribution in [0.1, 0.15) is 50.5 Å². The van der Waals surface area contributed by atoms with E-state index in [0.29, 0.717) is 18.9 Å². The molecule has 0 atom stereocenters. The minimum Gasteiger partial charge on any atom is -0.351 e. The Kier molecular flexibility index (Phi) is 6.61. The summed E-state index contributed by atoms with van der Waals surface area (Å²) in [4.78, 5) is 23.6. The first-order valence-corrected chi connectivity index (χ1v) is 8.20. The molecule has 1 aromatic carbocycles. The van der Waals surface area contributed by atoms with E-state index >= 15 is 0 Å². The first-order valence-electron chi connectivity index (χ1n) is 8.20. The SMILES string of the molecule is N#CCC(=O)NCc1ccccc1NC(=O)CC1CCCCC1. The van der Waals surface area contributed by atoms with Crippen LogP contribution in [-0.4, -0.2) is 11.8 Å². The molecule has 0 saturated heterocycles. The van der Waals surface area contributed by atoms with Crippen LogP contribution in [0.25, 0.3) is 0 Å². The number of amides is 2. The third-order valence-electron chi connectivity index (χ3n) is 4.21. The summed E-state index contributed by atoms with van der Waals surface area (Å²) in [6.07, 6.45) is 6.41. The number of carbonyl (C=O) groups excluding carboxylic acids is 2. The predicted octanol–water partition coefficient (Wildman–Crippen LogP) is 3.13. The number of benzene rings is 1. The zero-order chi connectivity index (χ0) is 16.5. The molecule has 2 rings (SSSR count). The molecule has 0 unspecified atom stereocenters. The molecule has 0 radical (unpaired) electrons. The Morgan fingerprint density at radius 3 is 2.61 bits per heavy atom. The zero-order valence-electron chi connectivity index (χ0n) is 13.3. The van der Waals surface area contributed by atoms with Gasteiger partial charge in [0.05, 0.1) is 6.07 Å². The van der Waals surface area contributed by atoms with E-state index in [1.165, 1.54) is 19.3 Å². The van der Waals surface area contributed by atoms with Gasteiger partial charge >= 0.3 is 0 Å². The van der Waals surface area contributed by atoms with Crippen LogP contribution >= 0.6 is 0 Å². The third-order valence-corrected chi connectivity index (χ3v) is 4.21. The smallest absolute Gasteiger partial charge is 0.234 e. The van der Waals surface area contributed by atoms with Gasteiger partial charge in [-0.15, -0.1) is 0 Å². The van der Waals surface area contributed by atoms with Gasteiger partial charge in [0.15, 0.2) is 0 Å². The quantitative estimate of drug-likeness (QED) is 0.846. The largest absolute Gasteiger partial charge is 0.351 e. The molecule has 0 heterocycles. The van der Waals surface area contributed by atoms with Crippen LogP contribution in [0.4, 0.5) is 5.69 Å². The number of anilines is 1. The van der Waals surface area contributed by atoms with E-state index in [2.05, 4.69) is 10.6 Å². The maximum atomic E-state index is 12.2. The third kappa shape index (κ3) is 5.74. The lowest BCUT2D eigenvalue weighted by atomic mass is 9.87. The van der Waals surface area contributed by atoms with Crippen molar-refractivity contribution in [1.29, 1.82) is 5.26 Å². The molecule has 122 valence electrons. The second-order valence-corrected chi connectivity index (χ2v) is 6.03. The fourth-order valence-electron chi connectivity index (χ4n) is 2.98. The lowest BCUT2D eigenvalue weighted by Crippen LogP contribution is -2.23. The summed E-state index contributed by atoms with van der Waals surface area (Å²) in [7, 11) is 0. The van der Waals surface area contributed by atoms with Crippen molar-refractivity contribution in [2.24, 2.45) is 5.92 Å². The van der Waals surface area contributed by atoms with Crippen LogP contribution in [0.2, 0.25) is 0 Å². The van der Waals surface area contributed by atoms with Crippen LogP contribution in [0, 0.1) is 17.2 Å². The summed E-state index contributed by atoms with van der Waals surface area (Å²) in [6, 6.07) is 9.24. The van der Waals surface area contributed by atoms with E-state index in [4.69, 9.17) is 5.26 Å².